The van der Waals surface area contributed by atoms with E-state index in [0.29, 0.717) is 21.3 Å². The molecule has 0 aliphatic carbocycles. The Bertz CT molecular complexity index is 869. The molecule has 3 rings (SSSR count). The molecule has 26 heavy (non-hydrogen) atoms. The number of rotatable bonds is 4. The first kappa shape index (κ1) is 18.3. The standard InChI is InChI=1S/C19H16Cl2N2O3/c20-12-8-13(21)18-14(9-12)22-16(19(25)26)10-15(18)23-17(24)7-6-11-4-2-1-3-5-11/h1-9,15-16,22H,10H2,(H,23,24)(H,25,26). The largest absolute Gasteiger partial charge is 0.480 e. The maximum atomic E-state index is 12.3. The van der Waals surface area contributed by atoms with Crippen LogP contribution in [-0.2, 0) is 9.59 Å². The molecule has 0 bridgehead atoms. The van der Waals surface area contributed by atoms with E-state index in [9.17, 15) is 14.7 Å². The van der Waals surface area contributed by atoms with Gasteiger partial charge in [-0.3, -0.25) is 4.79 Å². The second-order valence-corrected chi connectivity index (χ2v) is 6.77. The molecule has 1 amide bonds. The van der Waals surface area contributed by atoms with E-state index in [4.69, 9.17) is 23.2 Å². The summed E-state index contributed by atoms with van der Waals surface area (Å²) in [5, 5.41) is 15.9. The summed E-state index contributed by atoms with van der Waals surface area (Å²) in [5.41, 5.74) is 2.04. The molecule has 3 N–H and O–H groups in total. The van der Waals surface area contributed by atoms with Crippen molar-refractivity contribution in [3.8, 4) is 0 Å². The first-order valence-corrected chi connectivity index (χ1v) is 8.71. The molecule has 1 aliphatic rings. The molecule has 0 saturated carbocycles. The minimum absolute atomic E-state index is 0.175. The topological polar surface area (TPSA) is 78.4 Å². The van der Waals surface area contributed by atoms with Crippen LogP contribution in [0.25, 0.3) is 6.08 Å². The lowest BCUT2D eigenvalue weighted by Crippen LogP contribution is -2.40. The number of carboxylic acid groups (broad SMARTS) is 1. The number of amides is 1. The first-order chi connectivity index (χ1) is 12.4. The summed E-state index contributed by atoms with van der Waals surface area (Å²) in [7, 11) is 0. The average molecular weight is 391 g/mol. The van der Waals surface area contributed by atoms with Crippen LogP contribution in [-0.4, -0.2) is 23.0 Å². The van der Waals surface area contributed by atoms with Crippen molar-refractivity contribution in [2.75, 3.05) is 5.32 Å². The van der Waals surface area contributed by atoms with Crippen molar-refractivity contribution in [3.05, 3.63) is 69.7 Å². The molecule has 134 valence electrons. The Morgan fingerprint density at radius 3 is 2.62 bits per heavy atom. The van der Waals surface area contributed by atoms with Crippen molar-refractivity contribution < 1.29 is 14.7 Å². The molecule has 2 atom stereocenters. The van der Waals surface area contributed by atoms with Crippen LogP contribution < -0.4 is 10.6 Å². The third-order valence-electron chi connectivity index (χ3n) is 4.09. The van der Waals surface area contributed by atoms with Gasteiger partial charge in [-0.2, -0.15) is 0 Å². The Labute approximate surface area is 160 Å². The molecule has 1 heterocycles. The maximum Gasteiger partial charge on any atom is 0.326 e. The zero-order valence-corrected chi connectivity index (χ0v) is 15.1. The van der Waals surface area contributed by atoms with Crippen LogP contribution in [0.1, 0.15) is 23.6 Å². The molecular formula is C19H16Cl2N2O3. The van der Waals surface area contributed by atoms with Gasteiger partial charge in [0.1, 0.15) is 6.04 Å². The third-order valence-corrected chi connectivity index (χ3v) is 4.62. The van der Waals surface area contributed by atoms with Gasteiger partial charge in [0.2, 0.25) is 5.91 Å². The number of aliphatic carboxylic acids is 1. The molecule has 2 aromatic carbocycles. The van der Waals surface area contributed by atoms with Crippen LogP contribution in [0.3, 0.4) is 0 Å². The zero-order chi connectivity index (χ0) is 18.7. The third kappa shape index (κ3) is 4.18. The number of nitrogens with one attached hydrogen (secondary N) is 2. The minimum atomic E-state index is -1.01. The smallest absolute Gasteiger partial charge is 0.326 e. The fraction of sp³-hybridized carbons (Fsp3) is 0.158. The second-order valence-electron chi connectivity index (χ2n) is 5.92. The normalized spacial score (nSPS) is 18.8. The van der Waals surface area contributed by atoms with Crippen molar-refractivity contribution in [1.29, 1.82) is 0 Å². The molecule has 0 saturated heterocycles. The van der Waals surface area contributed by atoms with Crippen LogP contribution in [0.15, 0.2) is 48.5 Å². The summed E-state index contributed by atoms with van der Waals surface area (Å²) >= 11 is 12.3. The second kappa shape index (κ2) is 7.81. The van der Waals surface area contributed by atoms with Gasteiger partial charge in [0.25, 0.3) is 0 Å². The number of carbonyl (C=O) groups excluding carboxylic acids is 1. The quantitative estimate of drug-likeness (QED) is 0.685. The minimum Gasteiger partial charge on any atom is -0.480 e. The Morgan fingerprint density at radius 1 is 1.19 bits per heavy atom. The highest BCUT2D eigenvalue weighted by Gasteiger charge is 2.33. The van der Waals surface area contributed by atoms with Gasteiger partial charge in [-0.05, 0) is 23.8 Å². The zero-order valence-electron chi connectivity index (χ0n) is 13.6. The number of anilines is 1. The fourth-order valence-electron chi connectivity index (χ4n) is 2.91. The molecule has 2 aromatic rings. The van der Waals surface area contributed by atoms with E-state index in [2.05, 4.69) is 10.6 Å². The lowest BCUT2D eigenvalue weighted by Gasteiger charge is -2.32. The van der Waals surface area contributed by atoms with E-state index in [0.717, 1.165) is 5.56 Å². The Balaban J connectivity index is 1.83. The van der Waals surface area contributed by atoms with Crippen LogP contribution in [0, 0.1) is 0 Å². The van der Waals surface area contributed by atoms with Crippen LogP contribution in [0.2, 0.25) is 10.0 Å². The van der Waals surface area contributed by atoms with Crippen molar-refractivity contribution >= 4 is 46.8 Å². The maximum absolute atomic E-state index is 12.3. The predicted octanol–water partition coefficient (Wildman–Crippen LogP) is 4.13. The molecule has 0 fully saturated rings. The number of hydrogen-bond acceptors (Lipinski definition) is 3. The number of carboxylic acids is 1. The molecule has 1 aliphatic heterocycles. The SMILES string of the molecule is O=C(C=Cc1ccccc1)NC1CC(C(=O)O)Nc2cc(Cl)cc(Cl)c21. The van der Waals surface area contributed by atoms with E-state index in [-0.39, 0.29) is 12.3 Å². The van der Waals surface area contributed by atoms with Gasteiger partial charge in [0, 0.05) is 33.8 Å². The summed E-state index contributed by atoms with van der Waals surface area (Å²) in [6, 6.07) is 11.2. The Hall–Kier alpha value is -2.50. The van der Waals surface area contributed by atoms with Crippen LogP contribution in [0.4, 0.5) is 5.69 Å². The van der Waals surface area contributed by atoms with Gasteiger partial charge in [0.05, 0.1) is 6.04 Å². The van der Waals surface area contributed by atoms with E-state index >= 15 is 0 Å². The molecule has 5 nitrogen and oxygen atoms in total. The Kier molecular flexibility index (Phi) is 5.49. The van der Waals surface area contributed by atoms with Gasteiger partial charge in [-0.15, -0.1) is 0 Å². The first-order valence-electron chi connectivity index (χ1n) is 7.96. The molecule has 0 radical (unpaired) electrons. The van der Waals surface area contributed by atoms with Crippen molar-refractivity contribution in [1.82, 2.24) is 5.32 Å². The van der Waals surface area contributed by atoms with E-state index in [1.807, 2.05) is 30.3 Å². The summed E-state index contributed by atoms with van der Waals surface area (Å²) in [4.78, 5) is 23.7. The van der Waals surface area contributed by atoms with Gasteiger partial charge in [-0.25, -0.2) is 4.79 Å². The van der Waals surface area contributed by atoms with E-state index in [1.165, 1.54) is 6.08 Å². The van der Waals surface area contributed by atoms with Crippen LogP contribution >= 0.6 is 23.2 Å². The molecule has 0 aromatic heterocycles. The average Bonchev–Trinajstić information content (AvgIpc) is 2.60. The van der Waals surface area contributed by atoms with Gasteiger partial charge in [-0.1, -0.05) is 53.5 Å². The summed E-state index contributed by atoms with van der Waals surface area (Å²) in [6.45, 7) is 0. The number of fused-ring (bicyclic) bond motifs is 1. The van der Waals surface area contributed by atoms with E-state index in [1.54, 1.807) is 18.2 Å². The van der Waals surface area contributed by atoms with Gasteiger partial charge >= 0.3 is 5.97 Å². The van der Waals surface area contributed by atoms with Crippen molar-refractivity contribution in [2.24, 2.45) is 0 Å². The molecule has 7 heteroatoms. The molecule has 0 spiro atoms. The highest BCUT2D eigenvalue weighted by atomic mass is 35.5. The highest BCUT2D eigenvalue weighted by Crippen LogP contribution is 2.39. The van der Waals surface area contributed by atoms with Crippen LogP contribution in [0.5, 0.6) is 0 Å². The molecular weight excluding hydrogens is 375 g/mol. The van der Waals surface area contributed by atoms with Gasteiger partial charge in [0.15, 0.2) is 0 Å². The Morgan fingerprint density at radius 2 is 1.92 bits per heavy atom. The number of halogens is 2. The lowest BCUT2D eigenvalue weighted by molar-refractivity contribution is -0.138. The fourth-order valence-corrected chi connectivity index (χ4v) is 3.53. The number of benzene rings is 2. The monoisotopic (exact) mass is 390 g/mol. The van der Waals surface area contributed by atoms with Crippen molar-refractivity contribution in [2.45, 2.75) is 18.5 Å². The van der Waals surface area contributed by atoms with Gasteiger partial charge < -0.3 is 15.7 Å². The van der Waals surface area contributed by atoms with E-state index < -0.39 is 18.1 Å². The highest BCUT2D eigenvalue weighted by molar-refractivity contribution is 6.35. The number of hydrogen-bond donors (Lipinski definition) is 3. The molecule has 2 unspecified atom stereocenters. The predicted molar refractivity (Wildman–Crippen MR) is 102 cm³/mol. The lowest BCUT2D eigenvalue weighted by atomic mass is 9.92. The summed E-state index contributed by atoms with van der Waals surface area (Å²) in [5.74, 6) is -1.34. The summed E-state index contributed by atoms with van der Waals surface area (Å²) < 4.78 is 0. The number of carbonyl (C=O) groups is 2. The summed E-state index contributed by atoms with van der Waals surface area (Å²) in [6.07, 6.45) is 3.28. The van der Waals surface area contributed by atoms with Crippen molar-refractivity contribution in [3.63, 3.8) is 0 Å².